The first-order valence-corrected chi connectivity index (χ1v) is 6.67. The van der Waals surface area contributed by atoms with Crippen molar-refractivity contribution in [1.82, 2.24) is 0 Å². The van der Waals surface area contributed by atoms with E-state index in [9.17, 15) is 9.59 Å². The van der Waals surface area contributed by atoms with Crippen molar-refractivity contribution in [2.24, 2.45) is 0 Å². The van der Waals surface area contributed by atoms with Crippen molar-refractivity contribution in [2.75, 3.05) is 7.11 Å². The summed E-state index contributed by atoms with van der Waals surface area (Å²) in [6.45, 7) is 0. The second-order valence-corrected chi connectivity index (χ2v) is 4.10. The van der Waals surface area contributed by atoms with Crippen LogP contribution in [-0.4, -0.2) is 18.9 Å². The Bertz CT molecular complexity index is 584. The molecule has 0 saturated heterocycles. The topological polar surface area (TPSA) is 60.4 Å². The molecule has 0 spiro atoms. The van der Waals surface area contributed by atoms with E-state index < -0.39 is 11.9 Å². The van der Waals surface area contributed by atoms with Crippen LogP contribution in [-0.2, 0) is 14.1 Å². The zero-order valence-corrected chi connectivity index (χ0v) is 12.7. The summed E-state index contributed by atoms with van der Waals surface area (Å²) in [5, 5.41) is 0. The van der Waals surface area contributed by atoms with Gasteiger partial charge in [-0.25, -0.2) is 0 Å². The lowest BCUT2D eigenvalue weighted by Gasteiger charge is -2.13. The summed E-state index contributed by atoms with van der Waals surface area (Å²) in [6, 6.07) is 17.7. The molecule has 4 nitrogen and oxygen atoms in total. The number of ether oxygens (including phenoxy) is 1. The van der Waals surface area contributed by atoms with Gasteiger partial charge in [-0.05, 0) is 5.56 Å². The van der Waals surface area contributed by atoms with Gasteiger partial charge in [0.2, 0.25) is 0 Å². The molecule has 21 heavy (non-hydrogen) atoms. The smallest absolute Gasteiger partial charge is 0.321 e. The Kier molecular flexibility index (Phi) is 6.99. The van der Waals surface area contributed by atoms with E-state index in [0.29, 0.717) is 11.1 Å². The molecule has 0 heterocycles. The fourth-order valence-corrected chi connectivity index (χ4v) is 1.93. The van der Waals surface area contributed by atoms with Crippen molar-refractivity contribution in [2.45, 2.75) is 5.92 Å². The summed E-state index contributed by atoms with van der Waals surface area (Å²) in [5.74, 6) is -1.70. The average molecular weight is 303 g/mol. The van der Waals surface area contributed by atoms with Crippen molar-refractivity contribution in [3.63, 3.8) is 0 Å². The molecule has 2 rings (SSSR count). The highest BCUT2D eigenvalue weighted by Gasteiger charge is 2.29. The van der Waals surface area contributed by atoms with E-state index in [-0.39, 0.29) is 5.78 Å². The first-order valence-electron chi connectivity index (χ1n) is 6.19. The molecule has 0 aliphatic heterocycles. The molecule has 0 aliphatic carbocycles. The Morgan fingerprint density at radius 2 is 1.38 bits per heavy atom. The highest BCUT2D eigenvalue weighted by atomic mass is 31.0. The summed E-state index contributed by atoms with van der Waals surface area (Å²) in [7, 11) is 2.45. The van der Waals surface area contributed by atoms with Crippen LogP contribution >= 0.6 is 9.12 Å². The van der Waals surface area contributed by atoms with E-state index in [0.717, 1.165) is 0 Å². The van der Waals surface area contributed by atoms with Gasteiger partial charge in [0.15, 0.2) is 5.78 Å². The van der Waals surface area contributed by atoms with Gasteiger partial charge in [0.05, 0.1) is 7.11 Å². The van der Waals surface area contributed by atoms with Crippen molar-refractivity contribution in [3.8, 4) is 0 Å². The van der Waals surface area contributed by atoms with Crippen molar-refractivity contribution >= 4 is 20.9 Å². The van der Waals surface area contributed by atoms with E-state index in [1.807, 2.05) is 12.1 Å². The van der Waals surface area contributed by atoms with Gasteiger partial charge in [0.25, 0.3) is 0 Å². The summed E-state index contributed by atoms with van der Waals surface area (Å²) < 4.78 is 12.9. The fourth-order valence-electron chi connectivity index (χ4n) is 1.93. The third-order valence-corrected chi connectivity index (χ3v) is 2.89. The van der Waals surface area contributed by atoms with Gasteiger partial charge in [-0.15, -0.1) is 0 Å². The lowest BCUT2D eigenvalue weighted by atomic mass is 9.91. The van der Waals surface area contributed by atoms with Crippen LogP contribution < -0.4 is 0 Å². The molecule has 0 aliphatic rings. The van der Waals surface area contributed by atoms with E-state index in [2.05, 4.69) is 0 Å². The van der Waals surface area contributed by atoms with Gasteiger partial charge in [0.1, 0.15) is 5.92 Å². The van der Waals surface area contributed by atoms with Crippen LogP contribution in [0.3, 0.4) is 0 Å². The average Bonchev–Trinajstić information content (AvgIpc) is 2.58. The van der Waals surface area contributed by atoms with E-state index in [1.54, 1.807) is 48.5 Å². The number of carbonyl (C=O) groups is 2. The quantitative estimate of drug-likeness (QED) is 0.377. The zero-order valence-electron chi connectivity index (χ0n) is 11.6. The standard InChI is InChI=1S/C16H14O3.H2OP/c1-19-16(18)14(12-8-4-2-5-9-12)15(17)13-10-6-3-7-11-13;1-2/h2-11,14H,1H3;2H2/q;+1. The molecule has 0 radical (unpaired) electrons. The van der Waals surface area contributed by atoms with Gasteiger partial charge in [-0.3, -0.25) is 9.59 Å². The predicted molar refractivity (Wildman–Crippen MR) is 82.4 cm³/mol. The van der Waals surface area contributed by atoms with Crippen LogP contribution in [0.1, 0.15) is 21.8 Å². The highest BCUT2D eigenvalue weighted by Crippen LogP contribution is 2.22. The fraction of sp³-hybridized carbons (Fsp3) is 0.125. The number of methoxy groups -OCH3 is 1. The van der Waals surface area contributed by atoms with Crippen LogP contribution in [0.25, 0.3) is 0 Å². The SMILES string of the molecule is COC(=O)C(C(=O)c1ccccc1)c1ccccc1.O=[PH2+]. The van der Waals surface area contributed by atoms with Gasteiger partial charge in [0, 0.05) is 5.56 Å². The first-order chi connectivity index (χ1) is 10.2. The lowest BCUT2D eigenvalue weighted by molar-refractivity contribution is -0.141. The summed E-state index contributed by atoms with van der Waals surface area (Å²) in [6.07, 6.45) is 0. The molecule has 2 atom stereocenters. The Hall–Kier alpha value is -2.32. The van der Waals surface area contributed by atoms with Crippen molar-refractivity contribution in [3.05, 3.63) is 71.8 Å². The molecule has 0 amide bonds. The number of Topliss-reactive ketones (excluding diaryl/α,β-unsaturated/α-hetero) is 1. The van der Waals surface area contributed by atoms with Crippen LogP contribution in [0.4, 0.5) is 0 Å². The number of benzene rings is 2. The minimum Gasteiger partial charge on any atom is -0.468 e. The third-order valence-electron chi connectivity index (χ3n) is 2.89. The van der Waals surface area contributed by atoms with E-state index >= 15 is 0 Å². The maximum absolute atomic E-state index is 12.4. The molecule has 5 heteroatoms. The molecule has 0 fully saturated rings. The maximum Gasteiger partial charge on any atom is 0.321 e. The molecule has 2 unspecified atom stereocenters. The molecule has 0 bridgehead atoms. The largest absolute Gasteiger partial charge is 0.468 e. The second-order valence-electron chi connectivity index (χ2n) is 4.10. The van der Waals surface area contributed by atoms with Gasteiger partial charge in [-0.1, -0.05) is 65.2 Å². The number of hydrogen-bond acceptors (Lipinski definition) is 4. The monoisotopic (exact) mass is 303 g/mol. The normalized spacial score (nSPS) is 10.7. The number of rotatable bonds is 4. The molecule has 0 aromatic heterocycles. The lowest BCUT2D eigenvalue weighted by Crippen LogP contribution is -2.23. The number of ketones is 1. The molecule has 2 aromatic rings. The minimum atomic E-state index is -0.909. The van der Waals surface area contributed by atoms with Crippen molar-refractivity contribution < 1.29 is 18.9 Å². The third kappa shape index (κ3) is 4.33. The minimum absolute atomic E-state index is 0.251. The van der Waals surface area contributed by atoms with E-state index in [4.69, 9.17) is 9.30 Å². The molecular weight excluding hydrogens is 287 g/mol. The first kappa shape index (κ1) is 16.7. The van der Waals surface area contributed by atoms with Crippen LogP contribution in [0.5, 0.6) is 0 Å². The Labute approximate surface area is 125 Å². The molecular formula is C16H16O4P+. The summed E-state index contributed by atoms with van der Waals surface area (Å²) in [5.41, 5.74) is 1.14. The Balaban J connectivity index is 0.00000106. The van der Waals surface area contributed by atoms with Gasteiger partial charge >= 0.3 is 15.1 Å². The molecule has 108 valence electrons. The van der Waals surface area contributed by atoms with E-state index in [1.165, 1.54) is 16.2 Å². The van der Waals surface area contributed by atoms with Crippen LogP contribution in [0.2, 0.25) is 0 Å². The number of esters is 1. The van der Waals surface area contributed by atoms with Crippen LogP contribution in [0.15, 0.2) is 60.7 Å². The van der Waals surface area contributed by atoms with Crippen LogP contribution in [0, 0.1) is 0 Å². The second kappa shape index (κ2) is 8.77. The highest BCUT2D eigenvalue weighted by molar-refractivity contribution is 7.00. The predicted octanol–water partition coefficient (Wildman–Crippen LogP) is 3.03. The summed E-state index contributed by atoms with van der Waals surface area (Å²) in [4.78, 5) is 24.3. The molecule has 2 aromatic carbocycles. The zero-order chi connectivity index (χ0) is 15.7. The number of hydrogen-bond donors (Lipinski definition) is 0. The summed E-state index contributed by atoms with van der Waals surface area (Å²) >= 11 is 0. The van der Waals surface area contributed by atoms with Gasteiger partial charge in [-0.2, -0.15) is 0 Å². The maximum atomic E-state index is 12.4. The molecule has 0 saturated carbocycles. The molecule has 0 N–H and O–H groups in total. The number of carbonyl (C=O) groups excluding carboxylic acids is 2. The van der Waals surface area contributed by atoms with Crippen molar-refractivity contribution in [1.29, 1.82) is 0 Å². The van der Waals surface area contributed by atoms with Gasteiger partial charge < -0.3 is 4.74 Å². The Morgan fingerprint density at radius 1 is 0.905 bits per heavy atom. The Morgan fingerprint density at radius 3 is 1.86 bits per heavy atom.